The van der Waals surface area contributed by atoms with Crippen molar-refractivity contribution in [3.05, 3.63) is 0 Å². The number of ether oxygens (including phenoxy) is 1. The van der Waals surface area contributed by atoms with E-state index in [9.17, 15) is 15.3 Å². The van der Waals surface area contributed by atoms with E-state index in [4.69, 9.17) is 4.74 Å². The quantitative estimate of drug-likeness (QED) is 0.399. The second kappa shape index (κ2) is 12.4. The SMILES string of the molecule is CCCCCCCN(C)C1C(O)CC(O)C1OCC(C)(O)C(C)CCCC. The highest BCUT2D eigenvalue weighted by molar-refractivity contribution is 4.98. The first-order valence-electron chi connectivity index (χ1n) is 11.1. The number of aliphatic hydroxyl groups excluding tert-OH is 2. The summed E-state index contributed by atoms with van der Waals surface area (Å²) in [5.41, 5.74) is -0.925. The highest BCUT2D eigenvalue weighted by Gasteiger charge is 2.45. The molecule has 1 aliphatic carbocycles. The van der Waals surface area contributed by atoms with E-state index in [1.807, 2.05) is 14.0 Å². The van der Waals surface area contributed by atoms with E-state index in [0.29, 0.717) is 6.42 Å². The molecule has 0 amide bonds. The highest BCUT2D eigenvalue weighted by Crippen LogP contribution is 2.30. The molecule has 6 unspecified atom stereocenters. The van der Waals surface area contributed by atoms with Gasteiger partial charge < -0.3 is 20.1 Å². The molecule has 0 heterocycles. The van der Waals surface area contributed by atoms with Crippen LogP contribution in [0, 0.1) is 5.92 Å². The number of aliphatic hydroxyl groups is 3. The van der Waals surface area contributed by atoms with Crippen molar-refractivity contribution >= 4 is 0 Å². The molecule has 0 spiro atoms. The predicted molar refractivity (Wildman–Crippen MR) is 111 cm³/mol. The second-order valence-corrected chi connectivity index (χ2v) is 8.93. The first-order valence-corrected chi connectivity index (χ1v) is 11.1. The number of hydrogen-bond acceptors (Lipinski definition) is 5. The first kappa shape index (κ1) is 24.8. The summed E-state index contributed by atoms with van der Waals surface area (Å²) < 4.78 is 6.03. The van der Waals surface area contributed by atoms with Gasteiger partial charge in [0.25, 0.3) is 0 Å². The molecule has 3 N–H and O–H groups in total. The fourth-order valence-corrected chi connectivity index (χ4v) is 4.06. The molecule has 1 rings (SSSR count). The molecule has 6 atom stereocenters. The molecule has 1 saturated carbocycles. The maximum absolute atomic E-state index is 10.8. The van der Waals surface area contributed by atoms with E-state index >= 15 is 0 Å². The summed E-state index contributed by atoms with van der Waals surface area (Å²) in [6, 6.07) is -0.215. The van der Waals surface area contributed by atoms with Gasteiger partial charge in [-0.25, -0.2) is 0 Å². The summed E-state index contributed by atoms with van der Waals surface area (Å²) in [5.74, 6) is 0.135. The topological polar surface area (TPSA) is 73.2 Å². The summed E-state index contributed by atoms with van der Waals surface area (Å²) in [4.78, 5) is 2.13. The Bertz CT molecular complexity index is 391. The van der Waals surface area contributed by atoms with Crippen molar-refractivity contribution < 1.29 is 20.1 Å². The third-order valence-corrected chi connectivity index (χ3v) is 6.34. The normalized spacial score (nSPS) is 29.2. The smallest absolute Gasteiger partial charge is 0.102 e. The lowest BCUT2D eigenvalue weighted by Crippen LogP contribution is -2.50. The van der Waals surface area contributed by atoms with Gasteiger partial charge in [0.1, 0.15) is 6.10 Å². The standard InChI is InChI=1S/C22H45NO4/c1-6-8-10-11-12-14-23(5)20-18(24)15-19(25)21(20)27-16-22(4,26)17(3)13-9-7-2/h17-21,24-26H,6-16H2,1-5H3. The Hall–Kier alpha value is -0.200. The third-order valence-electron chi connectivity index (χ3n) is 6.34. The maximum Gasteiger partial charge on any atom is 0.102 e. The van der Waals surface area contributed by atoms with Crippen LogP contribution < -0.4 is 0 Å². The first-order chi connectivity index (χ1) is 12.7. The van der Waals surface area contributed by atoms with Crippen LogP contribution >= 0.6 is 0 Å². The van der Waals surface area contributed by atoms with Crippen LogP contribution in [-0.2, 0) is 4.74 Å². The zero-order valence-electron chi connectivity index (χ0n) is 18.4. The third kappa shape index (κ3) is 7.98. The molecule has 0 aromatic rings. The average molecular weight is 388 g/mol. The van der Waals surface area contributed by atoms with Crippen molar-refractivity contribution in [3.8, 4) is 0 Å². The minimum Gasteiger partial charge on any atom is -0.391 e. The van der Waals surface area contributed by atoms with Crippen LogP contribution in [-0.4, -0.2) is 70.4 Å². The lowest BCUT2D eigenvalue weighted by molar-refractivity contribution is -0.126. The molecule has 5 nitrogen and oxygen atoms in total. The molecule has 0 bridgehead atoms. The van der Waals surface area contributed by atoms with Crippen molar-refractivity contribution in [2.45, 2.75) is 115 Å². The van der Waals surface area contributed by atoms with Gasteiger partial charge in [0.15, 0.2) is 0 Å². The lowest BCUT2D eigenvalue weighted by atomic mass is 9.87. The van der Waals surface area contributed by atoms with Crippen LogP contribution in [0.4, 0.5) is 0 Å². The van der Waals surface area contributed by atoms with Crippen molar-refractivity contribution in [3.63, 3.8) is 0 Å². The predicted octanol–water partition coefficient (Wildman–Crippen LogP) is 3.35. The summed E-state index contributed by atoms with van der Waals surface area (Å²) in [5, 5.41) is 31.6. The maximum atomic E-state index is 10.8. The Balaban J connectivity index is 2.57. The molecule has 0 aromatic heterocycles. The van der Waals surface area contributed by atoms with E-state index < -0.39 is 23.9 Å². The van der Waals surface area contributed by atoms with Crippen LogP contribution in [0.2, 0.25) is 0 Å². The molecule has 162 valence electrons. The molecule has 27 heavy (non-hydrogen) atoms. The van der Waals surface area contributed by atoms with Gasteiger partial charge in [-0.15, -0.1) is 0 Å². The van der Waals surface area contributed by atoms with E-state index in [0.717, 1.165) is 32.2 Å². The molecule has 0 aromatic carbocycles. The summed E-state index contributed by atoms with van der Waals surface area (Å²) >= 11 is 0. The fourth-order valence-electron chi connectivity index (χ4n) is 4.06. The van der Waals surface area contributed by atoms with Crippen LogP contribution in [0.1, 0.15) is 85.5 Å². The highest BCUT2D eigenvalue weighted by atomic mass is 16.5. The average Bonchev–Trinajstić information content (AvgIpc) is 2.90. The Morgan fingerprint density at radius 1 is 1.04 bits per heavy atom. The van der Waals surface area contributed by atoms with Crippen molar-refractivity contribution in [2.24, 2.45) is 5.92 Å². The zero-order chi connectivity index (χ0) is 20.4. The van der Waals surface area contributed by atoms with Gasteiger partial charge in [-0.05, 0) is 39.3 Å². The van der Waals surface area contributed by atoms with Crippen molar-refractivity contribution in [1.82, 2.24) is 4.90 Å². The Morgan fingerprint density at radius 3 is 2.30 bits per heavy atom. The minimum atomic E-state index is -0.925. The van der Waals surface area contributed by atoms with Gasteiger partial charge in [-0.3, -0.25) is 4.90 Å². The number of unbranched alkanes of at least 4 members (excludes halogenated alkanes) is 5. The summed E-state index contributed by atoms with van der Waals surface area (Å²) in [6.45, 7) is 9.31. The Labute approximate surface area is 167 Å². The molecule has 0 saturated heterocycles. The molecule has 0 radical (unpaired) electrons. The second-order valence-electron chi connectivity index (χ2n) is 8.93. The van der Waals surface area contributed by atoms with Gasteiger partial charge in [-0.1, -0.05) is 59.3 Å². The van der Waals surface area contributed by atoms with Crippen molar-refractivity contribution in [1.29, 1.82) is 0 Å². The van der Waals surface area contributed by atoms with Gasteiger partial charge >= 0.3 is 0 Å². The molecule has 0 aliphatic heterocycles. The fraction of sp³-hybridized carbons (Fsp3) is 1.00. The number of rotatable bonds is 14. The van der Waals surface area contributed by atoms with Crippen LogP contribution in [0.15, 0.2) is 0 Å². The summed E-state index contributed by atoms with van der Waals surface area (Å²) in [6.07, 6.45) is 7.80. The summed E-state index contributed by atoms with van der Waals surface area (Å²) in [7, 11) is 2.00. The van der Waals surface area contributed by atoms with E-state index in [-0.39, 0.29) is 18.6 Å². The van der Waals surface area contributed by atoms with Crippen LogP contribution in [0.5, 0.6) is 0 Å². The molecular weight excluding hydrogens is 342 g/mol. The number of nitrogens with zero attached hydrogens (tertiary/aromatic N) is 1. The largest absolute Gasteiger partial charge is 0.391 e. The zero-order valence-corrected chi connectivity index (χ0v) is 18.4. The van der Waals surface area contributed by atoms with Gasteiger partial charge in [0.2, 0.25) is 0 Å². The number of hydrogen-bond donors (Lipinski definition) is 3. The minimum absolute atomic E-state index is 0.135. The van der Waals surface area contributed by atoms with Crippen molar-refractivity contribution in [2.75, 3.05) is 20.2 Å². The van der Waals surface area contributed by atoms with E-state index in [2.05, 4.69) is 25.7 Å². The van der Waals surface area contributed by atoms with Gasteiger partial charge in [0, 0.05) is 6.42 Å². The van der Waals surface area contributed by atoms with Crippen LogP contribution in [0.25, 0.3) is 0 Å². The molecule has 1 aliphatic rings. The van der Waals surface area contributed by atoms with Crippen LogP contribution in [0.3, 0.4) is 0 Å². The Morgan fingerprint density at radius 2 is 1.67 bits per heavy atom. The van der Waals surface area contributed by atoms with E-state index in [1.54, 1.807) is 0 Å². The molecule has 5 heteroatoms. The lowest BCUT2D eigenvalue weighted by Gasteiger charge is -2.36. The Kier molecular flexibility index (Phi) is 11.4. The van der Waals surface area contributed by atoms with Gasteiger partial charge in [0.05, 0.1) is 30.5 Å². The number of likely N-dealkylation sites (N-methyl/N-ethyl adjacent to an activating group) is 1. The van der Waals surface area contributed by atoms with E-state index in [1.165, 1.54) is 25.7 Å². The molecular formula is C22H45NO4. The van der Waals surface area contributed by atoms with Gasteiger partial charge in [-0.2, -0.15) is 0 Å². The monoisotopic (exact) mass is 387 g/mol. The molecule has 1 fully saturated rings.